The summed E-state index contributed by atoms with van der Waals surface area (Å²) in [5.74, 6) is 1.49. The highest BCUT2D eigenvalue weighted by molar-refractivity contribution is 7.18. The van der Waals surface area contributed by atoms with E-state index in [2.05, 4.69) is 34.4 Å². The molecule has 0 bridgehead atoms. The van der Waals surface area contributed by atoms with Gasteiger partial charge in [-0.3, -0.25) is 4.79 Å². The molecule has 3 aromatic rings. The van der Waals surface area contributed by atoms with Crippen LogP contribution < -0.4 is 10.6 Å². The molecule has 2 N–H and O–H groups in total. The summed E-state index contributed by atoms with van der Waals surface area (Å²) < 4.78 is 0. The van der Waals surface area contributed by atoms with Crippen molar-refractivity contribution in [2.75, 3.05) is 10.6 Å². The topological polar surface area (TPSA) is 66.9 Å². The average Bonchev–Trinajstić information content (AvgIpc) is 2.75. The Bertz CT molecular complexity index is 884. The summed E-state index contributed by atoms with van der Waals surface area (Å²) in [6.45, 7) is 7.59. The van der Waals surface area contributed by atoms with E-state index in [1.165, 1.54) is 17.4 Å². The highest BCUT2D eigenvalue weighted by atomic mass is 32.1. The standard InChI is InChI=1S/C17H18N4OS/c1-9-10(2)23-17-15(9)16(18-11(3)19-17)21-14-7-5-13(6-8-14)20-12(4)22/h5-8H,1-4H3,(H,20,22)(H,18,19,21). The molecule has 1 amide bonds. The van der Waals surface area contributed by atoms with Crippen LogP contribution in [0, 0.1) is 20.8 Å². The lowest BCUT2D eigenvalue weighted by atomic mass is 10.2. The smallest absolute Gasteiger partial charge is 0.221 e. The molecule has 5 nitrogen and oxygen atoms in total. The number of thiophene rings is 1. The average molecular weight is 326 g/mol. The molecule has 6 heteroatoms. The van der Waals surface area contributed by atoms with Crippen molar-refractivity contribution < 1.29 is 4.79 Å². The summed E-state index contributed by atoms with van der Waals surface area (Å²) in [6, 6.07) is 7.56. The van der Waals surface area contributed by atoms with Crippen molar-refractivity contribution in [3.63, 3.8) is 0 Å². The number of carbonyl (C=O) groups is 1. The molecule has 1 aromatic carbocycles. The van der Waals surface area contributed by atoms with Crippen molar-refractivity contribution in [2.45, 2.75) is 27.7 Å². The number of aryl methyl sites for hydroxylation is 3. The summed E-state index contributed by atoms with van der Waals surface area (Å²) in [5, 5.41) is 7.19. The van der Waals surface area contributed by atoms with E-state index >= 15 is 0 Å². The van der Waals surface area contributed by atoms with Gasteiger partial charge in [0.25, 0.3) is 0 Å². The number of fused-ring (bicyclic) bond motifs is 1. The van der Waals surface area contributed by atoms with Gasteiger partial charge in [-0.2, -0.15) is 0 Å². The summed E-state index contributed by atoms with van der Waals surface area (Å²) >= 11 is 1.69. The van der Waals surface area contributed by atoms with Gasteiger partial charge in [0.2, 0.25) is 5.91 Å². The number of nitrogens with one attached hydrogen (secondary N) is 2. The third-order valence-electron chi connectivity index (χ3n) is 3.61. The maximum absolute atomic E-state index is 11.1. The van der Waals surface area contributed by atoms with E-state index in [-0.39, 0.29) is 5.91 Å². The molecule has 118 valence electrons. The largest absolute Gasteiger partial charge is 0.340 e. The number of hydrogen-bond acceptors (Lipinski definition) is 5. The number of benzene rings is 1. The SMILES string of the molecule is CC(=O)Nc1ccc(Nc2nc(C)nc3sc(C)c(C)c23)cc1. The molecule has 2 heterocycles. The second kappa shape index (κ2) is 5.96. The summed E-state index contributed by atoms with van der Waals surface area (Å²) in [6.07, 6.45) is 0. The van der Waals surface area contributed by atoms with Gasteiger partial charge in [-0.25, -0.2) is 9.97 Å². The van der Waals surface area contributed by atoms with E-state index in [0.29, 0.717) is 0 Å². The quantitative estimate of drug-likeness (QED) is 0.752. The van der Waals surface area contributed by atoms with Gasteiger partial charge in [0.1, 0.15) is 16.5 Å². The fourth-order valence-electron chi connectivity index (χ4n) is 2.42. The fraction of sp³-hybridized carbons (Fsp3) is 0.235. The van der Waals surface area contributed by atoms with Crippen LogP contribution >= 0.6 is 11.3 Å². The van der Waals surface area contributed by atoms with Gasteiger partial charge in [0.05, 0.1) is 5.39 Å². The number of rotatable bonds is 3. The summed E-state index contributed by atoms with van der Waals surface area (Å²) in [4.78, 5) is 22.4. The van der Waals surface area contributed by atoms with E-state index in [1.54, 1.807) is 11.3 Å². The minimum Gasteiger partial charge on any atom is -0.340 e. The molecule has 0 fully saturated rings. The third kappa shape index (κ3) is 3.17. The Morgan fingerprint density at radius 3 is 2.35 bits per heavy atom. The molecular formula is C17H18N4OS. The van der Waals surface area contributed by atoms with E-state index in [0.717, 1.165) is 33.2 Å². The van der Waals surface area contributed by atoms with Crippen molar-refractivity contribution in [1.82, 2.24) is 9.97 Å². The van der Waals surface area contributed by atoms with E-state index in [4.69, 9.17) is 0 Å². The van der Waals surface area contributed by atoms with Crippen LogP contribution in [-0.4, -0.2) is 15.9 Å². The van der Waals surface area contributed by atoms with Gasteiger partial charge in [0.15, 0.2) is 0 Å². The summed E-state index contributed by atoms with van der Waals surface area (Å²) in [5.41, 5.74) is 2.90. The van der Waals surface area contributed by atoms with E-state index < -0.39 is 0 Å². The van der Waals surface area contributed by atoms with Crippen molar-refractivity contribution in [3.8, 4) is 0 Å². The molecule has 3 rings (SSSR count). The Labute approximate surface area is 138 Å². The Morgan fingerprint density at radius 1 is 1.04 bits per heavy atom. The van der Waals surface area contributed by atoms with Crippen LogP contribution in [-0.2, 0) is 4.79 Å². The molecule has 0 aliphatic carbocycles. The van der Waals surface area contributed by atoms with Crippen LogP contribution in [0.2, 0.25) is 0 Å². The molecule has 23 heavy (non-hydrogen) atoms. The summed E-state index contributed by atoms with van der Waals surface area (Å²) in [7, 11) is 0. The molecule has 2 aromatic heterocycles. The third-order valence-corrected chi connectivity index (χ3v) is 4.71. The van der Waals surface area contributed by atoms with E-state index in [9.17, 15) is 4.79 Å². The lowest BCUT2D eigenvalue weighted by Gasteiger charge is -2.09. The van der Waals surface area contributed by atoms with Crippen molar-refractivity contribution in [1.29, 1.82) is 0 Å². The zero-order chi connectivity index (χ0) is 16.6. The van der Waals surface area contributed by atoms with Gasteiger partial charge in [0, 0.05) is 23.2 Å². The fourth-order valence-corrected chi connectivity index (χ4v) is 3.50. The van der Waals surface area contributed by atoms with Gasteiger partial charge < -0.3 is 10.6 Å². The minimum atomic E-state index is -0.0804. The predicted octanol–water partition coefficient (Wildman–Crippen LogP) is 4.32. The van der Waals surface area contributed by atoms with Crippen LogP contribution in [0.3, 0.4) is 0 Å². The Kier molecular flexibility index (Phi) is 4.00. The Morgan fingerprint density at radius 2 is 1.70 bits per heavy atom. The van der Waals surface area contributed by atoms with Crippen LogP contribution in [0.5, 0.6) is 0 Å². The molecule has 0 atom stereocenters. The second-order valence-corrected chi connectivity index (χ2v) is 6.67. The van der Waals surface area contributed by atoms with Crippen molar-refractivity contribution >= 4 is 44.7 Å². The minimum absolute atomic E-state index is 0.0804. The Balaban J connectivity index is 1.96. The maximum atomic E-state index is 11.1. The van der Waals surface area contributed by atoms with Crippen molar-refractivity contribution in [3.05, 3.63) is 40.5 Å². The molecule has 0 radical (unpaired) electrons. The highest BCUT2D eigenvalue weighted by Crippen LogP contribution is 2.34. The molecule has 0 saturated heterocycles. The predicted molar refractivity (Wildman–Crippen MR) is 95.7 cm³/mol. The lowest BCUT2D eigenvalue weighted by Crippen LogP contribution is -2.05. The van der Waals surface area contributed by atoms with Crippen molar-refractivity contribution in [2.24, 2.45) is 0 Å². The van der Waals surface area contributed by atoms with Crippen LogP contribution in [0.1, 0.15) is 23.2 Å². The first-order valence-electron chi connectivity index (χ1n) is 7.33. The maximum Gasteiger partial charge on any atom is 0.221 e. The first-order valence-corrected chi connectivity index (χ1v) is 8.14. The molecule has 0 aliphatic rings. The van der Waals surface area contributed by atoms with Gasteiger partial charge >= 0.3 is 0 Å². The lowest BCUT2D eigenvalue weighted by molar-refractivity contribution is -0.114. The second-order valence-electron chi connectivity index (χ2n) is 5.47. The number of amides is 1. The van der Waals surface area contributed by atoms with E-state index in [1.807, 2.05) is 31.2 Å². The number of carbonyl (C=O) groups excluding carboxylic acids is 1. The molecule has 0 aliphatic heterocycles. The monoisotopic (exact) mass is 326 g/mol. The first-order chi connectivity index (χ1) is 10.9. The number of nitrogens with zero attached hydrogens (tertiary/aromatic N) is 2. The van der Waals surface area contributed by atoms with Gasteiger partial charge in [-0.1, -0.05) is 0 Å². The zero-order valence-corrected chi connectivity index (χ0v) is 14.3. The normalized spacial score (nSPS) is 10.8. The van der Waals surface area contributed by atoms with Gasteiger partial charge in [-0.15, -0.1) is 11.3 Å². The first kappa shape index (κ1) is 15.4. The Hall–Kier alpha value is -2.47. The number of anilines is 3. The van der Waals surface area contributed by atoms with Crippen LogP contribution in [0.15, 0.2) is 24.3 Å². The molecule has 0 saturated carbocycles. The number of aromatic nitrogens is 2. The van der Waals surface area contributed by atoms with Gasteiger partial charge in [-0.05, 0) is 50.6 Å². The zero-order valence-electron chi connectivity index (χ0n) is 13.5. The molecular weight excluding hydrogens is 308 g/mol. The number of hydrogen-bond donors (Lipinski definition) is 2. The molecule has 0 unspecified atom stereocenters. The van der Waals surface area contributed by atoms with Crippen LogP contribution in [0.25, 0.3) is 10.2 Å². The molecule has 0 spiro atoms. The highest BCUT2D eigenvalue weighted by Gasteiger charge is 2.13. The van der Waals surface area contributed by atoms with Crippen LogP contribution in [0.4, 0.5) is 17.2 Å².